The third-order valence-electron chi connectivity index (χ3n) is 2.73. The van der Waals surface area contributed by atoms with E-state index >= 15 is 0 Å². The van der Waals surface area contributed by atoms with Crippen LogP contribution >= 0.6 is 27.5 Å². The van der Waals surface area contributed by atoms with Crippen molar-refractivity contribution in [2.75, 3.05) is 12.4 Å². The van der Waals surface area contributed by atoms with E-state index in [1.165, 1.54) is 0 Å². The Morgan fingerprint density at radius 2 is 1.95 bits per heavy atom. The topological polar surface area (TPSA) is 38.3 Å². The number of halogens is 2. The van der Waals surface area contributed by atoms with Crippen LogP contribution < -0.4 is 10.1 Å². The highest BCUT2D eigenvalue weighted by molar-refractivity contribution is 9.10. The third-order valence-corrected chi connectivity index (χ3v) is 3.55. The summed E-state index contributed by atoms with van der Waals surface area (Å²) < 4.78 is 5.94. The Morgan fingerprint density at radius 3 is 2.60 bits per heavy atom. The van der Waals surface area contributed by atoms with Gasteiger partial charge in [-0.25, -0.2) is 0 Å². The van der Waals surface area contributed by atoms with E-state index in [-0.39, 0.29) is 12.3 Å². The van der Waals surface area contributed by atoms with Crippen molar-refractivity contribution in [1.82, 2.24) is 0 Å². The van der Waals surface area contributed by atoms with E-state index in [1.54, 1.807) is 19.2 Å². The van der Waals surface area contributed by atoms with Gasteiger partial charge in [0, 0.05) is 4.47 Å². The number of rotatable bonds is 4. The maximum atomic E-state index is 12.0. The molecule has 0 unspecified atom stereocenters. The summed E-state index contributed by atoms with van der Waals surface area (Å²) in [6.45, 7) is 0. The normalized spacial score (nSPS) is 10.2. The van der Waals surface area contributed by atoms with Crippen LogP contribution in [-0.2, 0) is 11.2 Å². The molecule has 2 aromatic rings. The Balaban J connectivity index is 2.03. The Hall–Kier alpha value is -1.52. The molecule has 0 aliphatic heterocycles. The van der Waals surface area contributed by atoms with E-state index in [0.29, 0.717) is 10.7 Å². The first-order valence-corrected chi connectivity index (χ1v) is 7.13. The van der Waals surface area contributed by atoms with Crippen molar-refractivity contribution in [2.24, 2.45) is 0 Å². The van der Waals surface area contributed by atoms with Crippen molar-refractivity contribution < 1.29 is 9.53 Å². The second-order valence-electron chi connectivity index (χ2n) is 4.20. The second-order valence-corrected chi connectivity index (χ2v) is 5.52. The molecule has 1 N–H and O–H groups in total. The standard InChI is InChI=1S/C15H13BrClNO2/c1-20-12-5-2-10(3-6-12)8-15(19)18-14-9-11(16)4-7-13(14)17/h2-7,9H,8H2,1H3,(H,18,19). The Kier molecular flexibility index (Phi) is 5.04. The molecule has 1 amide bonds. The number of carbonyl (C=O) groups is 1. The molecule has 104 valence electrons. The summed E-state index contributed by atoms with van der Waals surface area (Å²) in [6, 6.07) is 12.7. The molecular formula is C15H13BrClNO2. The van der Waals surface area contributed by atoms with E-state index in [2.05, 4.69) is 21.2 Å². The summed E-state index contributed by atoms with van der Waals surface area (Å²) in [7, 11) is 1.61. The van der Waals surface area contributed by atoms with E-state index in [4.69, 9.17) is 16.3 Å². The van der Waals surface area contributed by atoms with Gasteiger partial charge in [-0.05, 0) is 35.9 Å². The minimum Gasteiger partial charge on any atom is -0.497 e. The maximum absolute atomic E-state index is 12.0. The average molecular weight is 355 g/mol. The monoisotopic (exact) mass is 353 g/mol. The number of nitrogens with one attached hydrogen (secondary N) is 1. The van der Waals surface area contributed by atoms with Gasteiger partial charge in [0.25, 0.3) is 0 Å². The highest BCUT2D eigenvalue weighted by atomic mass is 79.9. The van der Waals surface area contributed by atoms with Crippen LogP contribution in [0, 0.1) is 0 Å². The third kappa shape index (κ3) is 3.99. The molecule has 0 spiro atoms. The molecule has 5 heteroatoms. The van der Waals surface area contributed by atoms with Gasteiger partial charge < -0.3 is 10.1 Å². The molecule has 20 heavy (non-hydrogen) atoms. The van der Waals surface area contributed by atoms with Gasteiger partial charge in [-0.1, -0.05) is 39.7 Å². The van der Waals surface area contributed by atoms with Gasteiger partial charge in [-0.2, -0.15) is 0 Å². The summed E-state index contributed by atoms with van der Waals surface area (Å²) in [6.07, 6.45) is 0.285. The summed E-state index contributed by atoms with van der Waals surface area (Å²) in [5.74, 6) is 0.652. The van der Waals surface area contributed by atoms with Crippen LogP contribution in [0.3, 0.4) is 0 Å². The van der Waals surface area contributed by atoms with Crippen LogP contribution in [0.25, 0.3) is 0 Å². The smallest absolute Gasteiger partial charge is 0.228 e. The number of ether oxygens (including phenoxy) is 1. The number of hydrogen-bond acceptors (Lipinski definition) is 2. The Labute approximate surface area is 131 Å². The lowest BCUT2D eigenvalue weighted by atomic mass is 10.1. The van der Waals surface area contributed by atoms with Crippen LogP contribution in [0.2, 0.25) is 5.02 Å². The SMILES string of the molecule is COc1ccc(CC(=O)Nc2cc(Br)ccc2Cl)cc1. The molecular weight excluding hydrogens is 342 g/mol. The van der Waals surface area contributed by atoms with Gasteiger partial charge in [-0.3, -0.25) is 4.79 Å². The van der Waals surface area contributed by atoms with Gasteiger partial charge in [0.2, 0.25) is 5.91 Å². The van der Waals surface area contributed by atoms with Crippen molar-refractivity contribution in [3.63, 3.8) is 0 Å². The highest BCUT2D eigenvalue weighted by Crippen LogP contribution is 2.25. The van der Waals surface area contributed by atoms with Gasteiger partial charge >= 0.3 is 0 Å². The van der Waals surface area contributed by atoms with Crippen LogP contribution in [0.4, 0.5) is 5.69 Å². The van der Waals surface area contributed by atoms with Gasteiger partial charge in [-0.15, -0.1) is 0 Å². The molecule has 0 atom stereocenters. The quantitative estimate of drug-likeness (QED) is 0.889. The van der Waals surface area contributed by atoms with Crippen LogP contribution in [0.1, 0.15) is 5.56 Å². The zero-order valence-electron chi connectivity index (χ0n) is 10.8. The predicted molar refractivity (Wildman–Crippen MR) is 84.5 cm³/mol. The number of benzene rings is 2. The fourth-order valence-electron chi connectivity index (χ4n) is 1.72. The minimum absolute atomic E-state index is 0.116. The van der Waals surface area contributed by atoms with Gasteiger partial charge in [0.15, 0.2) is 0 Å². The van der Waals surface area contributed by atoms with Crippen molar-refractivity contribution >= 4 is 39.1 Å². The van der Waals surface area contributed by atoms with Crippen molar-refractivity contribution in [1.29, 1.82) is 0 Å². The van der Waals surface area contributed by atoms with Crippen LogP contribution in [-0.4, -0.2) is 13.0 Å². The lowest BCUT2D eigenvalue weighted by Gasteiger charge is -2.08. The molecule has 0 aliphatic rings. The summed E-state index contributed by atoms with van der Waals surface area (Å²) in [4.78, 5) is 12.0. The van der Waals surface area contributed by atoms with Crippen molar-refractivity contribution in [3.05, 3.63) is 57.5 Å². The first-order valence-electron chi connectivity index (χ1n) is 5.96. The lowest BCUT2D eigenvalue weighted by molar-refractivity contribution is -0.115. The molecule has 0 aliphatic carbocycles. The van der Waals surface area contributed by atoms with Crippen molar-refractivity contribution in [2.45, 2.75) is 6.42 Å². The Bertz CT molecular complexity index is 614. The molecule has 0 aromatic heterocycles. The fourth-order valence-corrected chi connectivity index (χ4v) is 2.24. The molecule has 0 heterocycles. The zero-order chi connectivity index (χ0) is 14.5. The molecule has 0 saturated carbocycles. The summed E-state index contributed by atoms with van der Waals surface area (Å²) in [5.41, 5.74) is 1.51. The molecule has 0 radical (unpaired) electrons. The average Bonchev–Trinajstić information content (AvgIpc) is 2.43. The highest BCUT2D eigenvalue weighted by Gasteiger charge is 2.07. The second kappa shape index (κ2) is 6.77. The number of methoxy groups -OCH3 is 1. The van der Waals surface area contributed by atoms with Gasteiger partial charge in [0.05, 0.1) is 24.2 Å². The minimum atomic E-state index is -0.116. The molecule has 3 nitrogen and oxygen atoms in total. The number of carbonyl (C=O) groups excluding carboxylic acids is 1. The predicted octanol–water partition coefficient (Wildman–Crippen LogP) is 4.29. The molecule has 0 saturated heterocycles. The summed E-state index contributed by atoms with van der Waals surface area (Å²) in [5, 5.41) is 3.31. The lowest BCUT2D eigenvalue weighted by Crippen LogP contribution is -2.14. The first-order chi connectivity index (χ1) is 9.58. The van der Waals surface area contributed by atoms with Gasteiger partial charge in [0.1, 0.15) is 5.75 Å². The fraction of sp³-hybridized carbons (Fsp3) is 0.133. The molecule has 0 bridgehead atoms. The number of anilines is 1. The number of amides is 1. The molecule has 2 aromatic carbocycles. The van der Waals surface area contributed by atoms with E-state index in [9.17, 15) is 4.79 Å². The van der Waals surface area contributed by atoms with E-state index < -0.39 is 0 Å². The van der Waals surface area contributed by atoms with E-state index in [0.717, 1.165) is 15.8 Å². The van der Waals surface area contributed by atoms with Crippen molar-refractivity contribution in [3.8, 4) is 5.75 Å². The zero-order valence-corrected chi connectivity index (χ0v) is 13.2. The molecule has 0 fully saturated rings. The maximum Gasteiger partial charge on any atom is 0.228 e. The van der Waals surface area contributed by atoms with Crippen LogP contribution in [0.15, 0.2) is 46.9 Å². The van der Waals surface area contributed by atoms with E-state index in [1.807, 2.05) is 30.3 Å². The summed E-state index contributed by atoms with van der Waals surface area (Å²) >= 11 is 9.38. The van der Waals surface area contributed by atoms with Crippen LogP contribution in [0.5, 0.6) is 5.75 Å². The Morgan fingerprint density at radius 1 is 1.25 bits per heavy atom. The molecule has 2 rings (SSSR count). The largest absolute Gasteiger partial charge is 0.497 e. The first kappa shape index (κ1) is 14.9. The number of hydrogen-bond donors (Lipinski definition) is 1.